The van der Waals surface area contributed by atoms with Gasteiger partial charge in [0.25, 0.3) is 0 Å². The van der Waals surface area contributed by atoms with Crippen LogP contribution in [0.3, 0.4) is 0 Å². The van der Waals surface area contributed by atoms with Crippen molar-refractivity contribution in [1.82, 2.24) is 0 Å². The third kappa shape index (κ3) is 10.4. The monoisotopic (exact) mass is 1240 g/mol. The highest BCUT2D eigenvalue weighted by Crippen LogP contribution is 2.47. The molecule has 0 fully saturated rings. The lowest BCUT2D eigenvalue weighted by Gasteiger charge is -2.25. The van der Waals surface area contributed by atoms with E-state index in [0.29, 0.717) is 0 Å². The van der Waals surface area contributed by atoms with Gasteiger partial charge < -0.3 is 19.6 Å². The van der Waals surface area contributed by atoms with Gasteiger partial charge in [0, 0.05) is 72.5 Å². The molecule has 0 saturated carbocycles. The molecule has 20 rings (SSSR count). The van der Waals surface area contributed by atoms with E-state index in [1.165, 1.54) is 176 Å². The predicted octanol–water partition coefficient (Wildman–Crippen LogP) is 23.4. The maximum absolute atomic E-state index is 2.42. The number of benzene rings is 16. The molecule has 4 aliphatic heterocycles. The molecular formula is C92H76N4. The van der Waals surface area contributed by atoms with E-state index < -0.39 is 0 Å². The Kier molecular flexibility index (Phi) is 15.0. The summed E-state index contributed by atoms with van der Waals surface area (Å²) in [7, 11) is 8.85. The first-order valence-corrected chi connectivity index (χ1v) is 34.3. The first-order chi connectivity index (χ1) is 47.3. The maximum Gasteiger partial charge on any atom is 0.0520 e. The van der Waals surface area contributed by atoms with Gasteiger partial charge in [-0.2, -0.15) is 0 Å². The maximum atomic E-state index is 2.42. The highest BCUT2D eigenvalue weighted by Gasteiger charge is 2.26. The van der Waals surface area contributed by atoms with Gasteiger partial charge in [-0.25, -0.2) is 0 Å². The summed E-state index contributed by atoms with van der Waals surface area (Å²) in [6.07, 6.45) is 8.73. The minimum Gasteiger partial charge on any atom is -0.344 e. The second-order valence-corrected chi connectivity index (χ2v) is 26.6. The molecule has 4 nitrogen and oxygen atoms in total. The van der Waals surface area contributed by atoms with E-state index in [2.05, 4.69) is 339 Å². The molecular weight excluding hydrogens is 1160 g/mol. The topological polar surface area (TPSA) is 13.0 Å². The average molecular weight is 1240 g/mol. The van der Waals surface area contributed by atoms with E-state index in [9.17, 15) is 0 Å². The van der Waals surface area contributed by atoms with Crippen LogP contribution in [0.1, 0.15) is 44.5 Å². The fraction of sp³-hybridized carbons (Fsp3) is 0.130. The number of hydrogen-bond donors (Lipinski definition) is 0. The molecule has 464 valence electrons. The van der Waals surface area contributed by atoms with Gasteiger partial charge in [-0.15, -0.1) is 0 Å². The van der Waals surface area contributed by atoms with Gasteiger partial charge in [-0.3, -0.25) is 0 Å². The molecule has 0 unspecified atom stereocenters. The molecule has 0 spiro atoms. The fourth-order valence-electron chi connectivity index (χ4n) is 16.5. The Bertz CT molecular complexity index is 5560. The number of hydrogen-bond acceptors (Lipinski definition) is 4. The number of fused-ring (bicyclic) bond motifs is 22. The van der Waals surface area contributed by atoms with E-state index in [4.69, 9.17) is 0 Å². The van der Waals surface area contributed by atoms with E-state index in [-0.39, 0.29) is 0 Å². The summed E-state index contributed by atoms with van der Waals surface area (Å²) in [6, 6.07) is 106. The lowest BCUT2D eigenvalue weighted by molar-refractivity contribution is 0.980. The van der Waals surface area contributed by atoms with Gasteiger partial charge >= 0.3 is 0 Å². The standard InChI is InChI=1S/4C23H19N/c1-24-22-18(12-10-16-6-2-4-8-20(16)22)14-15-19-13-11-17-7-3-5-9-21(17)23(19)24;1-24-22-15-13-16-6-2-4-8-19(16)21(22)14-12-18-11-10-17-7-3-5-9-20(17)23(18)24;1-24-22-13-11-16-6-4-5-9-20(16)21(22)12-10-19-14-17-7-2-3-8-18(17)15-23(19)24;1-24-22-15-19-8-3-2-7-18(19)14-20(22)13-12-17-11-10-16-6-4-5-9-21(16)23(17)24/h2-13H,14-15H2,1H3;2-11,13,15H,12,14H2,1H3;2-9,11,13-15H,10,12H2,1H3;2-11,14-15H,12-13H2,1H3. The van der Waals surface area contributed by atoms with Gasteiger partial charge in [0.15, 0.2) is 0 Å². The molecule has 0 aromatic heterocycles. The first-order valence-electron chi connectivity index (χ1n) is 34.3. The summed E-state index contributed by atoms with van der Waals surface area (Å²) < 4.78 is 0. The molecule has 0 bridgehead atoms. The minimum absolute atomic E-state index is 1.09. The van der Waals surface area contributed by atoms with Gasteiger partial charge in [0.05, 0.1) is 22.7 Å². The Balaban J connectivity index is 0.0000000968. The summed E-state index contributed by atoms with van der Waals surface area (Å²) >= 11 is 0. The lowest BCUT2D eigenvalue weighted by Crippen LogP contribution is -2.12. The van der Waals surface area contributed by atoms with Crippen LogP contribution in [0.2, 0.25) is 0 Å². The van der Waals surface area contributed by atoms with E-state index in [0.717, 1.165) is 51.4 Å². The molecule has 0 atom stereocenters. The van der Waals surface area contributed by atoms with E-state index in [1.54, 1.807) is 0 Å². The third-order valence-electron chi connectivity index (χ3n) is 21.3. The van der Waals surface area contributed by atoms with E-state index >= 15 is 0 Å². The van der Waals surface area contributed by atoms with Crippen molar-refractivity contribution in [3.63, 3.8) is 0 Å². The number of aryl methyl sites for hydroxylation is 8. The number of nitrogens with zero attached hydrogens (tertiary/aromatic N) is 4. The van der Waals surface area contributed by atoms with Crippen molar-refractivity contribution in [1.29, 1.82) is 0 Å². The molecule has 0 amide bonds. The van der Waals surface area contributed by atoms with Crippen LogP contribution >= 0.6 is 0 Å². The van der Waals surface area contributed by atoms with E-state index in [1.807, 2.05) is 0 Å². The van der Waals surface area contributed by atoms with Crippen molar-refractivity contribution in [3.8, 4) is 0 Å². The van der Waals surface area contributed by atoms with Gasteiger partial charge in [-0.05, 0) is 197 Å². The molecule has 16 aromatic carbocycles. The van der Waals surface area contributed by atoms with Crippen molar-refractivity contribution < 1.29 is 0 Å². The SMILES string of the molecule is CN1c2c(ccc3ccccc23)CCc2ccc3ccccc3c21.CN1c2cc3ccccc3cc2CCc2c1ccc1ccccc21.CN1c2cc3ccccc3cc2CCc2ccc3ccccc3c21.CN1c2ccc3ccccc3c2CCc2ccc3ccccc3c21. The Hall–Kier alpha value is -11.2. The van der Waals surface area contributed by atoms with Gasteiger partial charge in [0.1, 0.15) is 0 Å². The average Bonchev–Trinajstić information content (AvgIpc) is 1.58. The first kappa shape index (κ1) is 58.6. The Morgan fingerprint density at radius 3 is 0.792 bits per heavy atom. The molecule has 4 heteroatoms. The molecule has 4 heterocycles. The summed E-state index contributed by atoms with van der Waals surface area (Å²) in [5.41, 5.74) is 22.4. The summed E-state index contributed by atoms with van der Waals surface area (Å²) in [5, 5.41) is 21.4. The number of rotatable bonds is 0. The zero-order valence-electron chi connectivity index (χ0n) is 55.2. The van der Waals surface area contributed by atoms with Crippen LogP contribution < -0.4 is 19.6 Å². The third-order valence-corrected chi connectivity index (χ3v) is 21.3. The van der Waals surface area contributed by atoms with Crippen molar-refractivity contribution in [2.75, 3.05) is 47.8 Å². The Morgan fingerprint density at radius 1 is 0.177 bits per heavy atom. The molecule has 16 aromatic rings. The second kappa shape index (κ2) is 24.6. The molecule has 0 radical (unpaired) electrons. The molecule has 96 heavy (non-hydrogen) atoms. The van der Waals surface area contributed by atoms with Gasteiger partial charge in [-0.1, -0.05) is 255 Å². The van der Waals surface area contributed by atoms with Crippen molar-refractivity contribution >= 4 is 132 Å². The zero-order chi connectivity index (χ0) is 64.4. The quantitative estimate of drug-likeness (QED) is 0.150. The molecule has 0 saturated heterocycles. The van der Waals surface area contributed by atoms with Crippen LogP contribution in [0.15, 0.2) is 291 Å². The van der Waals surface area contributed by atoms with Gasteiger partial charge in [0.2, 0.25) is 0 Å². The zero-order valence-corrected chi connectivity index (χ0v) is 55.2. The van der Waals surface area contributed by atoms with Crippen LogP contribution in [0.4, 0.5) is 45.5 Å². The molecule has 0 N–H and O–H groups in total. The van der Waals surface area contributed by atoms with Crippen molar-refractivity contribution in [3.05, 3.63) is 336 Å². The summed E-state index contributed by atoms with van der Waals surface area (Å²) in [5.74, 6) is 0. The lowest BCUT2D eigenvalue weighted by atomic mass is 9.97. The molecule has 4 aliphatic rings. The summed E-state index contributed by atoms with van der Waals surface area (Å²) in [6.45, 7) is 0. The molecule has 0 aliphatic carbocycles. The highest BCUT2D eigenvalue weighted by atomic mass is 15.1. The van der Waals surface area contributed by atoms with Crippen LogP contribution in [-0.2, 0) is 51.4 Å². The van der Waals surface area contributed by atoms with Crippen LogP contribution in [0.25, 0.3) is 86.2 Å². The minimum atomic E-state index is 1.09. The Morgan fingerprint density at radius 2 is 0.417 bits per heavy atom. The van der Waals surface area contributed by atoms with Crippen molar-refractivity contribution in [2.45, 2.75) is 51.4 Å². The Labute approximate surface area is 563 Å². The predicted molar refractivity (Wildman–Crippen MR) is 413 cm³/mol. The van der Waals surface area contributed by atoms with Crippen molar-refractivity contribution in [2.24, 2.45) is 0 Å². The fourth-order valence-corrected chi connectivity index (χ4v) is 16.5. The number of anilines is 8. The van der Waals surface area contributed by atoms with Crippen LogP contribution in [0.5, 0.6) is 0 Å². The largest absolute Gasteiger partial charge is 0.344 e. The smallest absolute Gasteiger partial charge is 0.0520 e. The van der Waals surface area contributed by atoms with Crippen LogP contribution in [0, 0.1) is 0 Å². The van der Waals surface area contributed by atoms with Crippen LogP contribution in [-0.4, -0.2) is 28.2 Å². The summed E-state index contributed by atoms with van der Waals surface area (Å²) in [4.78, 5) is 9.58. The second-order valence-electron chi connectivity index (χ2n) is 26.6. The normalized spacial score (nSPS) is 13.6. The highest BCUT2D eigenvalue weighted by molar-refractivity contribution is 6.06.